The number of carbonyl (C=O) groups excluding carboxylic acids is 2. The average Bonchev–Trinajstić information content (AvgIpc) is 2.46. The summed E-state index contributed by atoms with van der Waals surface area (Å²) in [6, 6.07) is 6.49. The van der Waals surface area contributed by atoms with E-state index in [1.54, 1.807) is 0 Å². The van der Waals surface area contributed by atoms with Gasteiger partial charge in [-0.15, -0.1) is 0 Å². The molecular weight excluding hydrogens is 344 g/mol. The van der Waals surface area contributed by atoms with E-state index < -0.39 is 17.6 Å². The smallest absolute Gasteiger partial charge is 0.255 e. The van der Waals surface area contributed by atoms with Crippen molar-refractivity contribution in [1.29, 1.82) is 0 Å². The summed E-state index contributed by atoms with van der Waals surface area (Å²) in [6.45, 7) is 1.24. The molecule has 120 valence electrons. The van der Waals surface area contributed by atoms with Crippen LogP contribution in [0.25, 0.3) is 0 Å². The second kappa shape index (κ2) is 6.85. The Kier molecular flexibility index (Phi) is 5.08. The molecule has 0 radical (unpaired) electrons. The maximum absolute atomic E-state index is 13.6. The second-order valence-electron chi connectivity index (χ2n) is 4.68. The van der Waals surface area contributed by atoms with Gasteiger partial charge in [-0.2, -0.15) is 0 Å². The highest BCUT2D eigenvalue weighted by Crippen LogP contribution is 2.31. The maximum Gasteiger partial charge on any atom is 0.255 e. The molecule has 0 aliphatic carbocycles. The summed E-state index contributed by atoms with van der Waals surface area (Å²) in [4.78, 5) is 23.2. The van der Waals surface area contributed by atoms with Crippen molar-refractivity contribution in [3.05, 3.63) is 51.8 Å². The zero-order chi connectivity index (χ0) is 17.1. The zero-order valence-electron chi connectivity index (χ0n) is 11.9. The lowest BCUT2D eigenvalue weighted by atomic mass is 10.1. The largest absolute Gasteiger partial charge is 0.396 e. The lowest BCUT2D eigenvalue weighted by Gasteiger charge is -2.10. The molecule has 0 spiro atoms. The SMILES string of the molecule is CC(=O)Nc1cc(C(=O)Nc2cc(Cl)c(N)c(Cl)c2)ccc1F. The molecule has 0 aliphatic heterocycles. The summed E-state index contributed by atoms with van der Waals surface area (Å²) < 4.78 is 13.6. The summed E-state index contributed by atoms with van der Waals surface area (Å²) in [5.74, 6) is -1.61. The van der Waals surface area contributed by atoms with E-state index in [4.69, 9.17) is 28.9 Å². The number of hydrogen-bond donors (Lipinski definition) is 3. The topological polar surface area (TPSA) is 84.2 Å². The standard InChI is InChI=1S/C15H12Cl2FN3O2/c1-7(22)20-13-4-8(2-3-12(13)18)15(23)21-9-5-10(16)14(19)11(17)6-9/h2-6H,19H2,1H3,(H,20,22)(H,21,23). The summed E-state index contributed by atoms with van der Waals surface area (Å²) in [5.41, 5.74) is 6.23. The number of benzene rings is 2. The number of anilines is 3. The summed E-state index contributed by atoms with van der Waals surface area (Å²) >= 11 is 11.8. The summed E-state index contributed by atoms with van der Waals surface area (Å²) in [6.07, 6.45) is 0. The van der Waals surface area contributed by atoms with Crippen LogP contribution in [0, 0.1) is 5.82 Å². The first-order valence-electron chi connectivity index (χ1n) is 6.41. The lowest BCUT2D eigenvalue weighted by Crippen LogP contribution is -2.14. The third-order valence-electron chi connectivity index (χ3n) is 2.88. The molecule has 0 saturated heterocycles. The highest BCUT2D eigenvalue weighted by Gasteiger charge is 2.12. The van der Waals surface area contributed by atoms with Crippen LogP contribution in [0.5, 0.6) is 0 Å². The average molecular weight is 356 g/mol. The zero-order valence-corrected chi connectivity index (χ0v) is 13.4. The van der Waals surface area contributed by atoms with Crippen LogP contribution in [0.1, 0.15) is 17.3 Å². The van der Waals surface area contributed by atoms with Gasteiger partial charge in [0.1, 0.15) is 5.82 Å². The molecule has 0 atom stereocenters. The molecule has 23 heavy (non-hydrogen) atoms. The van der Waals surface area contributed by atoms with E-state index in [0.717, 1.165) is 6.07 Å². The van der Waals surface area contributed by atoms with Gasteiger partial charge in [-0.3, -0.25) is 9.59 Å². The molecule has 2 aromatic carbocycles. The van der Waals surface area contributed by atoms with Gasteiger partial charge in [0.15, 0.2) is 0 Å². The monoisotopic (exact) mass is 355 g/mol. The quantitative estimate of drug-likeness (QED) is 0.729. The van der Waals surface area contributed by atoms with E-state index in [0.29, 0.717) is 5.69 Å². The van der Waals surface area contributed by atoms with Crippen LogP contribution in [0.4, 0.5) is 21.5 Å². The van der Waals surface area contributed by atoms with E-state index in [1.165, 1.54) is 31.2 Å². The van der Waals surface area contributed by atoms with E-state index in [2.05, 4.69) is 10.6 Å². The van der Waals surface area contributed by atoms with Gasteiger partial charge in [-0.25, -0.2) is 4.39 Å². The van der Waals surface area contributed by atoms with Gasteiger partial charge in [-0.1, -0.05) is 23.2 Å². The molecule has 0 aromatic heterocycles. The Balaban J connectivity index is 2.26. The Labute approximate surface area is 141 Å². The summed E-state index contributed by atoms with van der Waals surface area (Å²) in [5, 5.41) is 5.27. The number of nitrogens with one attached hydrogen (secondary N) is 2. The fraction of sp³-hybridized carbons (Fsp3) is 0.0667. The number of halogens is 3. The number of nitrogen functional groups attached to an aromatic ring is 1. The Morgan fingerprint density at radius 2 is 1.70 bits per heavy atom. The van der Waals surface area contributed by atoms with Crippen LogP contribution < -0.4 is 16.4 Å². The van der Waals surface area contributed by atoms with Crippen molar-refractivity contribution in [1.82, 2.24) is 0 Å². The number of nitrogens with two attached hydrogens (primary N) is 1. The van der Waals surface area contributed by atoms with Crippen LogP contribution in [-0.2, 0) is 4.79 Å². The molecule has 0 aliphatic rings. The van der Waals surface area contributed by atoms with Gasteiger partial charge < -0.3 is 16.4 Å². The first kappa shape index (κ1) is 17.1. The minimum absolute atomic E-state index is 0.0847. The van der Waals surface area contributed by atoms with Crippen molar-refractivity contribution in [2.45, 2.75) is 6.92 Å². The molecule has 2 amide bonds. The minimum Gasteiger partial charge on any atom is -0.396 e. The van der Waals surface area contributed by atoms with Crippen LogP contribution in [0.15, 0.2) is 30.3 Å². The van der Waals surface area contributed by atoms with Crippen LogP contribution in [0.3, 0.4) is 0 Å². The predicted octanol–water partition coefficient (Wildman–Crippen LogP) is 3.93. The van der Waals surface area contributed by atoms with Crippen molar-refractivity contribution < 1.29 is 14.0 Å². The van der Waals surface area contributed by atoms with Gasteiger partial charge in [0.2, 0.25) is 5.91 Å². The highest BCUT2D eigenvalue weighted by molar-refractivity contribution is 6.39. The molecular formula is C15H12Cl2FN3O2. The van der Waals surface area contributed by atoms with Crippen molar-refractivity contribution in [3.8, 4) is 0 Å². The highest BCUT2D eigenvalue weighted by atomic mass is 35.5. The van der Waals surface area contributed by atoms with Gasteiger partial charge in [-0.05, 0) is 30.3 Å². The van der Waals surface area contributed by atoms with Gasteiger partial charge in [0.25, 0.3) is 5.91 Å². The van der Waals surface area contributed by atoms with E-state index in [1.807, 2.05) is 0 Å². The number of rotatable bonds is 3. The van der Waals surface area contributed by atoms with Crippen molar-refractivity contribution in [2.24, 2.45) is 0 Å². The Morgan fingerprint density at radius 1 is 1.09 bits per heavy atom. The Morgan fingerprint density at radius 3 is 2.26 bits per heavy atom. The van der Waals surface area contributed by atoms with E-state index >= 15 is 0 Å². The lowest BCUT2D eigenvalue weighted by molar-refractivity contribution is -0.114. The maximum atomic E-state index is 13.6. The van der Waals surface area contributed by atoms with Gasteiger partial charge in [0.05, 0.1) is 21.4 Å². The third-order valence-corrected chi connectivity index (χ3v) is 3.50. The fourth-order valence-electron chi connectivity index (χ4n) is 1.81. The number of carbonyl (C=O) groups is 2. The molecule has 0 heterocycles. The third kappa shape index (κ3) is 4.12. The normalized spacial score (nSPS) is 10.3. The Hall–Kier alpha value is -2.31. The molecule has 0 unspecified atom stereocenters. The Bertz CT molecular complexity index is 773. The number of amides is 2. The predicted molar refractivity (Wildman–Crippen MR) is 89.5 cm³/mol. The van der Waals surface area contributed by atoms with Crippen LogP contribution in [-0.4, -0.2) is 11.8 Å². The minimum atomic E-state index is -0.643. The van der Waals surface area contributed by atoms with Crippen molar-refractivity contribution in [3.63, 3.8) is 0 Å². The summed E-state index contributed by atoms with van der Waals surface area (Å²) in [7, 11) is 0. The van der Waals surface area contributed by atoms with Gasteiger partial charge >= 0.3 is 0 Å². The first-order chi connectivity index (χ1) is 10.8. The molecule has 2 rings (SSSR count). The first-order valence-corrected chi connectivity index (χ1v) is 7.16. The molecule has 2 aromatic rings. The molecule has 0 bridgehead atoms. The van der Waals surface area contributed by atoms with Crippen molar-refractivity contribution in [2.75, 3.05) is 16.4 Å². The van der Waals surface area contributed by atoms with E-state index in [-0.39, 0.29) is 27.0 Å². The molecule has 4 N–H and O–H groups in total. The second-order valence-corrected chi connectivity index (χ2v) is 5.50. The molecule has 5 nitrogen and oxygen atoms in total. The molecule has 0 saturated carbocycles. The van der Waals surface area contributed by atoms with Crippen molar-refractivity contribution >= 4 is 52.1 Å². The van der Waals surface area contributed by atoms with Crippen LogP contribution >= 0.6 is 23.2 Å². The van der Waals surface area contributed by atoms with Gasteiger partial charge in [0, 0.05) is 18.2 Å². The number of hydrogen-bond acceptors (Lipinski definition) is 3. The fourth-order valence-corrected chi connectivity index (χ4v) is 2.30. The molecule has 8 heteroatoms. The van der Waals surface area contributed by atoms with E-state index in [9.17, 15) is 14.0 Å². The molecule has 0 fully saturated rings. The van der Waals surface area contributed by atoms with Crippen LogP contribution in [0.2, 0.25) is 10.0 Å².